The second-order valence-corrected chi connectivity index (χ2v) is 8.32. The summed E-state index contributed by atoms with van der Waals surface area (Å²) in [6.07, 6.45) is -0.377. The number of carbonyl (C=O) groups excluding carboxylic acids is 1. The summed E-state index contributed by atoms with van der Waals surface area (Å²) in [5.74, 6) is 1.15. The van der Waals surface area contributed by atoms with Crippen molar-refractivity contribution in [2.45, 2.75) is 72.4 Å². The topological polar surface area (TPSA) is 38.3 Å². The van der Waals surface area contributed by atoms with Crippen molar-refractivity contribution in [2.24, 2.45) is 0 Å². The van der Waals surface area contributed by atoms with Gasteiger partial charge in [-0.05, 0) is 49.3 Å². The maximum atomic E-state index is 11.5. The minimum atomic E-state index is -0.454. The Kier molecular flexibility index (Phi) is 9.07. The van der Waals surface area contributed by atoms with Crippen molar-refractivity contribution in [2.75, 3.05) is 0 Å². The van der Waals surface area contributed by atoms with E-state index in [4.69, 9.17) is 4.74 Å². The molecular formula is C24H35NO2. The zero-order valence-electron chi connectivity index (χ0n) is 17.9. The van der Waals surface area contributed by atoms with Crippen molar-refractivity contribution in [1.82, 2.24) is 5.32 Å². The first-order valence-corrected chi connectivity index (χ1v) is 9.69. The van der Waals surface area contributed by atoms with E-state index in [-0.39, 0.29) is 6.09 Å². The zero-order chi connectivity index (χ0) is 20.4. The molecule has 2 rings (SSSR count). The van der Waals surface area contributed by atoms with Gasteiger partial charge >= 0.3 is 6.09 Å². The van der Waals surface area contributed by atoms with Gasteiger partial charge in [0.25, 0.3) is 0 Å². The van der Waals surface area contributed by atoms with Gasteiger partial charge in [0.05, 0.1) is 0 Å². The average molecular weight is 370 g/mol. The first-order chi connectivity index (χ1) is 12.6. The number of nitrogens with one attached hydrogen (secondary N) is 1. The van der Waals surface area contributed by atoms with E-state index < -0.39 is 5.60 Å². The Morgan fingerprint density at radius 3 is 1.93 bits per heavy atom. The molecule has 0 heterocycles. The summed E-state index contributed by atoms with van der Waals surface area (Å²) in [6, 6.07) is 18.8. The summed E-state index contributed by atoms with van der Waals surface area (Å²) >= 11 is 0. The minimum Gasteiger partial charge on any atom is -0.444 e. The van der Waals surface area contributed by atoms with Gasteiger partial charge in [-0.25, -0.2) is 4.79 Å². The quantitative estimate of drug-likeness (QED) is 0.655. The second kappa shape index (κ2) is 10.8. The van der Waals surface area contributed by atoms with Crippen molar-refractivity contribution < 1.29 is 9.53 Å². The molecule has 0 saturated heterocycles. The molecule has 0 bridgehead atoms. The van der Waals surface area contributed by atoms with Gasteiger partial charge in [-0.1, -0.05) is 82.3 Å². The molecule has 0 atom stereocenters. The van der Waals surface area contributed by atoms with Gasteiger partial charge in [-0.15, -0.1) is 0 Å². The van der Waals surface area contributed by atoms with Crippen molar-refractivity contribution in [3.05, 3.63) is 71.3 Å². The monoisotopic (exact) mass is 369 g/mol. The number of amides is 1. The van der Waals surface area contributed by atoms with Gasteiger partial charge in [0, 0.05) is 6.54 Å². The molecule has 0 aliphatic heterocycles. The van der Waals surface area contributed by atoms with E-state index in [0.29, 0.717) is 18.4 Å². The molecule has 0 fully saturated rings. The third-order valence-electron chi connectivity index (χ3n) is 3.92. The van der Waals surface area contributed by atoms with Gasteiger partial charge < -0.3 is 10.1 Å². The van der Waals surface area contributed by atoms with Crippen molar-refractivity contribution in [1.29, 1.82) is 0 Å². The van der Waals surface area contributed by atoms with Gasteiger partial charge in [-0.3, -0.25) is 0 Å². The molecule has 0 saturated carbocycles. The van der Waals surface area contributed by atoms with E-state index in [1.54, 1.807) is 0 Å². The molecule has 0 spiro atoms. The average Bonchev–Trinajstić information content (AvgIpc) is 2.60. The maximum absolute atomic E-state index is 11.5. The Labute approximate surface area is 165 Å². The van der Waals surface area contributed by atoms with Crippen molar-refractivity contribution in [3.8, 4) is 0 Å². The SMILES string of the molecule is CC(C)c1cccc(CNC(=O)OC(C)(C)C)c1.CC(C)c1ccccc1. The minimum absolute atomic E-state index is 0.377. The highest BCUT2D eigenvalue weighted by atomic mass is 16.6. The molecule has 0 radical (unpaired) electrons. The molecule has 2 aromatic rings. The van der Waals surface area contributed by atoms with Gasteiger partial charge in [-0.2, -0.15) is 0 Å². The number of benzene rings is 2. The van der Waals surface area contributed by atoms with Crippen molar-refractivity contribution in [3.63, 3.8) is 0 Å². The summed E-state index contributed by atoms with van der Waals surface area (Å²) < 4.78 is 5.19. The molecule has 3 nitrogen and oxygen atoms in total. The number of ether oxygens (including phenoxy) is 1. The highest BCUT2D eigenvalue weighted by molar-refractivity contribution is 5.67. The first-order valence-electron chi connectivity index (χ1n) is 9.69. The highest BCUT2D eigenvalue weighted by Gasteiger charge is 2.15. The smallest absolute Gasteiger partial charge is 0.407 e. The Morgan fingerprint density at radius 2 is 1.44 bits per heavy atom. The molecule has 1 amide bonds. The number of hydrogen-bond donors (Lipinski definition) is 1. The van der Waals surface area contributed by atoms with Crippen LogP contribution in [-0.4, -0.2) is 11.7 Å². The van der Waals surface area contributed by atoms with Gasteiger partial charge in [0.15, 0.2) is 0 Å². The third-order valence-corrected chi connectivity index (χ3v) is 3.92. The molecule has 0 aliphatic carbocycles. The van der Waals surface area contributed by atoms with Crippen LogP contribution in [0.3, 0.4) is 0 Å². The summed E-state index contributed by atoms with van der Waals surface area (Å²) in [7, 11) is 0. The predicted octanol–water partition coefficient (Wildman–Crippen LogP) is 6.64. The van der Waals surface area contributed by atoms with E-state index in [1.807, 2.05) is 39.0 Å². The fraction of sp³-hybridized carbons (Fsp3) is 0.458. The molecule has 148 valence electrons. The van der Waals surface area contributed by atoms with Crippen LogP contribution in [0, 0.1) is 0 Å². The lowest BCUT2D eigenvalue weighted by molar-refractivity contribution is 0.0523. The molecule has 1 N–H and O–H groups in total. The summed E-state index contributed by atoms with van der Waals surface area (Å²) in [5.41, 5.74) is 3.33. The van der Waals surface area contributed by atoms with Crippen molar-refractivity contribution >= 4 is 6.09 Å². The fourth-order valence-corrected chi connectivity index (χ4v) is 2.39. The lowest BCUT2D eigenvalue weighted by Gasteiger charge is -2.19. The third kappa shape index (κ3) is 9.83. The number of carbonyl (C=O) groups is 1. The van der Waals surface area contributed by atoms with E-state index in [0.717, 1.165) is 5.56 Å². The van der Waals surface area contributed by atoms with E-state index in [2.05, 4.69) is 69.4 Å². The van der Waals surface area contributed by atoms with Crippen LogP contribution in [-0.2, 0) is 11.3 Å². The largest absolute Gasteiger partial charge is 0.444 e. The number of alkyl carbamates (subject to hydrolysis) is 1. The molecule has 0 aliphatic rings. The molecular weight excluding hydrogens is 334 g/mol. The Bertz CT molecular complexity index is 685. The molecule has 2 aromatic carbocycles. The highest BCUT2D eigenvalue weighted by Crippen LogP contribution is 2.15. The Morgan fingerprint density at radius 1 is 0.889 bits per heavy atom. The van der Waals surface area contributed by atoms with E-state index in [9.17, 15) is 4.79 Å². The van der Waals surface area contributed by atoms with Crippen LogP contribution in [0.15, 0.2) is 54.6 Å². The fourth-order valence-electron chi connectivity index (χ4n) is 2.39. The summed E-state index contributed by atoms with van der Waals surface area (Å²) in [4.78, 5) is 11.5. The molecule has 0 unspecified atom stereocenters. The van der Waals surface area contributed by atoms with Crippen LogP contribution in [0.25, 0.3) is 0 Å². The normalized spacial score (nSPS) is 11.0. The first kappa shape index (κ1) is 22.8. The summed E-state index contributed by atoms with van der Waals surface area (Å²) in [5, 5.41) is 2.76. The van der Waals surface area contributed by atoms with Crippen LogP contribution >= 0.6 is 0 Å². The molecule has 0 aromatic heterocycles. The number of hydrogen-bond acceptors (Lipinski definition) is 2. The lowest BCUT2D eigenvalue weighted by Crippen LogP contribution is -2.32. The Hall–Kier alpha value is -2.29. The van der Waals surface area contributed by atoms with Crippen LogP contribution < -0.4 is 5.32 Å². The number of rotatable bonds is 4. The summed E-state index contributed by atoms with van der Waals surface area (Å²) in [6.45, 7) is 14.8. The van der Waals surface area contributed by atoms with E-state index in [1.165, 1.54) is 11.1 Å². The van der Waals surface area contributed by atoms with Gasteiger partial charge in [0.1, 0.15) is 5.60 Å². The van der Waals surface area contributed by atoms with Gasteiger partial charge in [0.2, 0.25) is 0 Å². The van der Waals surface area contributed by atoms with Crippen LogP contribution in [0.1, 0.15) is 77.0 Å². The lowest BCUT2D eigenvalue weighted by atomic mass is 10.0. The van der Waals surface area contributed by atoms with Crippen LogP contribution in [0.2, 0.25) is 0 Å². The predicted molar refractivity (Wildman–Crippen MR) is 114 cm³/mol. The zero-order valence-corrected chi connectivity index (χ0v) is 17.9. The molecule has 27 heavy (non-hydrogen) atoms. The van der Waals surface area contributed by atoms with E-state index >= 15 is 0 Å². The van der Waals surface area contributed by atoms with Crippen LogP contribution in [0.5, 0.6) is 0 Å². The maximum Gasteiger partial charge on any atom is 0.407 e. The second-order valence-electron chi connectivity index (χ2n) is 8.32. The van der Waals surface area contributed by atoms with Crippen LogP contribution in [0.4, 0.5) is 4.79 Å². The Balaban J connectivity index is 0.000000337. The standard InChI is InChI=1S/C15H23NO2.C9H12/c1-11(2)13-8-6-7-12(9-13)10-16-14(17)18-15(3,4)5;1-8(2)9-6-4-3-5-7-9/h6-9,11H,10H2,1-5H3,(H,16,17);3-8H,1-2H3. The molecule has 3 heteroatoms.